The van der Waals surface area contributed by atoms with Crippen LogP contribution in [0.3, 0.4) is 0 Å². The number of piperidine rings is 1. The Morgan fingerprint density at radius 2 is 1.53 bits per heavy atom. The van der Waals surface area contributed by atoms with Crippen LogP contribution in [0.15, 0.2) is 78.9 Å². The Bertz CT molecular complexity index is 1180. The summed E-state index contributed by atoms with van der Waals surface area (Å²) >= 11 is 0. The monoisotopic (exact) mass is 481 g/mol. The van der Waals surface area contributed by atoms with Crippen LogP contribution < -0.4 is 10.2 Å². The molecule has 2 aliphatic heterocycles. The Balaban J connectivity index is 1.13. The first-order valence-electron chi connectivity index (χ1n) is 13.2. The molecular weight excluding hydrogens is 446 g/mol. The first-order chi connectivity index (χ1) is 17.6. The molecule has 2 heterocycles. The summed E-state index contributed by atoms with van der Waals surface area (Å²) in [5, 5.41) is 3.19. The maximum atomic E-state index is 13.1. The van der Waals surface area contributed by atoms with E-state index in [0.717, 1.165) is 50.0 Å². The van der Waals surface area contributed by atoms with Crippen molar-refractivity contribution in [3.63, 3.8) is 0 Å². The van der Waals surface area contributed by atoms with E-state index in [9.17, 15) is 9.59 Å². The molecule has 1 fully saturated rings. The van der Waals surface area contributed by atoms with Crippen LogP contribution in [0.2, 0.25) is 0 Å². The lowest BCUT2D eigenvalue weighted by Gasteiger charge is -2.34. The first kappa shape index (κ1) is 24.1. The van der Waals surface area contributed by atoms with Crippen molar-refractivity contribution in [1.82, 2.24) is 10.2 Å². The second-order valence-corrected chi connectivity index (χ2v) is 9.93. The van der Waals surface area contributed by atoms with E-state index in [2.05, 4.69) is 53.5 Å². The fourth-order valence-corrected chi connectivity index (χ4v) is 5.51. The fraction of sp³-hybridized carbons (Fsp3) is 0.355. The summed E-state index contributed by atoms with van der Waals surface area (Å²) in [7, 11) is 0. The van der Waals surface area contributed by atoms with E-state index in [1.165, 1.54) is 11.1 Å². The molecule has 3 aromatic carbocycles. The van der Waals surface area contributed by atoms with Crippen LogP contribution >= 0.6 is 0 Å². The van der Waals surface area contributed by atoms with Crippen molar-refractivity contribution in [2.75, 3.05) is 24.5 Å². The van der Waals surface area contributed by atoms with E-state index in [0.29, 0.717) is 18.7 Å². The Kier molecular flexibility index (Phi) is 7.36. The molecule has 186 valence electrons. The molecule has 2 amide bonds. The molecule has 0 bridgehead atoms. The molecule has 36 heavy (non-hydrogen) atoms. The van der Waals surface area contributed by atoms with Crippen molar-refractivity contribution < 1.29 is 9.59 Å². The lowest BCUT2D eigenvalue weighted by atomic mass is 9.93. The van der Waals surface area contributed by atoms with Crippen molar-refractivity contribution in [3.8, 4) is 0 Å². The molecule has 1 unspecified atom stereocenters. The number of nitrogens with zero attached hydrogens (tertiary/aromatic N) is 2. The van der Waals surface area contributed by atoms with Crippen molar-refractivity contribution in [2.24, 2.45) is 0 Å². The predicted octanol–water partition coefficient (Wildman–Crippen LogP) is 5.16. The smallest absolute Gasteiger partial charge is 0.251 e. The van der Waals surface area contributed by atoms with Crippen molar-refractivity contribution in [3.05, 3.63) is 101 Å². The van der Waals surface area contributed by atoms with Crippen LogP contribution in [0, 0.1) is 0 Å². The highest BCUT2D eigenvalue weighted by Gasteiger charge is 2.29. The largest absolute Gasteiger partial charge is 0.367 e. The molecule has 0 radical (unpaired) electrons. The van der Waals surface area contributed by atoms with Crippen molar-refractivity contribution in [2.45, 2.75) is 51.1 Å². The summed E-state index contributed by atoms with van der Waals surface area (Å²) in [4.78, 5) is 30.4. The molecule has 0 saturated carbocycles. The average molecular weight is 482 g/mol. The van der Waals surface area contributed by atoms with Gasteiger partial charge in [-0.3, -0.25) is 9.59 Å². The van der Waals surface area contributed by atoms with Gasteiger partial charge in [-0.2, -0.15) is 0 Å². The number of carbonyl (C=O) groups is 2. The third-order valence-electron chi connectivity index (χ3n) is 7.68. The van der Waals surface area contributed by atoms with Gasteiger partial charge in [-0.25, -0.2) is 0 Å². The number of hydrogen-bond donors (Lipinski definition) is 1. The van der Waals surface area contributed by atoms with Crippen LogP contribution in [0.4, 0.5) is 5.69 Å². The number of amides is 2. The summed E-state index contributed by atoms with van der Waals surface area (Å²) in [5.41, 5.74) is 5.73. The lowest BCUT2D eigenvalue weighted by Crippen LogP contribution is -2.47. The topological polar surface area (TPSA) is 52.7 Å². The van der Waals surface area contributed by atoms with Crippen LogP contribution in [-0.2, 0) is 17.8 Å². The van der Waals surface area contributed by atoms with Gasteiger partial charge in [0.15, 0.2) is 0 Å². The SMILES string of the molecule is CCC(C(=O)N1CCC(NC(=O)c2ccc(N3CCc4ccccc4C3)cc2)CC1)c1ccccc1. The van der Waals surface area contributed by atoms with Gasteiger partial charge in [-0.15, -0.1) is 0 Å². The number of hydrogen-bond acceptors (Lipinski definition) is 3. The molecule has 1 saturated heterocycles. The molecular formula is C31H35N3O2. The third-order valence-corrected chi connectivity index (χ3v) is 7.68. The lowest BCUT2D eigenvalue weighted by molar-refractivity contribution is -0.134. The normalized spacial score (nSPS) is 16.8. The maximum Gasteiger partial charge on any atom is 0.251 e. The molecule has 0 spiro atoms. The Labute approximate surface area is 214 Å². The summed E-state index contributed by atoms with van der Waals surface area (Å²) in [6.45, 7) is 5.33. The Morgan fingerprint density at radius 1 is 0.861 bits per heavy atom. The number of anilines is 1. The summed E-state index contributed by atoms with van der Waals surface area (Å²) in [6, 6.07) is 26.7. The van der Waals surface area contributed by atoms with Gasteiger partial charge >= 0.3 is 0 Å². The average Bonchev–Trinajstić information content (AvgIpc) is 2.94. The molecule has 0 aliphatic carbocycles. The zero-order valence-electron chi connectivity index (χ0n) is 21.0. The molecule has 2 aliphatic rings. The minimum atomic E-state index is -0.0933. The van der Waals surface area contributed by atoms with E-state index in [1.54, 1.807) is 0 Å². The number of likely N-dealkylation sites (tertiary alicyclic amines) is 1. The van der Waals surface area contributed by atoms with Gasteiger partial charge in [0.25, 0.3) is 5.91 Å². The Hall–Kier alpha value is -3.60. The second kappa shape index (κ2) is 11.0. The number of fused-ring (bicyclic) bond motifs is 1. The van der Waals surface area contributed by atoms with Crippen molar-refractivity contribution >= 4 is 17.5 Å². The highest BCUT2D eigenvalue weighted by atomic mass is 16.2. The predicted molar refractivity (Wildman–Crippen MR) is 144 cm³/mol. The molecule has 5 nitrogen and oxygen atoms in total. The van der Waals surface area contributed by atoms with E-state index in [1.807, 2.05) is 47.4 Å². The minimum Gasteiger partial charge on any atom is -0.367 e. The van der Waals surface area contributed by atoms with Gasteiger partial charge in [0.05, 0.1) is 5.92 Å². The van der Waals surface area contributed by atoms with E-state index in [-0.39, 0.29) is 23.8 Å². The van der Waals surface area contributed by atoms with Crippen LogP contribution in [0.1, 0.15) is 59.2 Å². The third kappa shape index (κ3) is 5.30. The number of nitrogens with one attached hydrogen (secondary N) is 1. The first-order valence-corrected chi connectivity index (χ1v) is 13.2. The summed E-state index contributed by atoms with van der Waals surface area (Å²) < 4.78 is 0. The molecule has 1 N–H and O–H groups in total. The zero-order chi connectivity index (χ0) is 24.9. The van der Waals surface area contributed by atoms with Gasteiger partial charge in [-0.05, 0) is 66.6 Å². The number of carbonyl (C=O) groups excluding carboxylic acids is 2. The van der Waals surface area contributed by atoms with Crippen LogP contribution in [-0.4, -0.2) is 42.4 Å². The maximum absolute atomic E-state index is 13.1. The highest BCUT2D eigenvalue weighted by molar-refractivity contribution is 5.94. The fourth-order valence-electron chi connectivity index (χ4n) is 5.51. The number of benzene rings is 3. The Morgan fingerprint density at radius 3 is 2.22 bits per heavy atom. The second-order valence-electron chi connectivity index (χ2n) is 9.93. The van der Waals surface area contributed by atoms with E-state index < -0.39 is 0 Å². The van der Waals surface area contributed by atoms with Gasteiger partial charge in [0, 0.05) is 43.5 Å². The summed E-state index contributed by atoms with van der Waals surface area (Å²) in [5.74, 6) is 0.0691. The minimum absolute atomic E-state index is 0.0361. The molecule has 3 aromatic rings. The van der Waals surface area contributed by atoms with Crippen LogP contribution in [0.5, 0.6) is 0 Å². The molecule has 5 rings (SSSR count). The van der Waals surface area contributed by atoms with Gasteiger partial charge in [0.1, 0.15) is 0 Å². The van der Waals surface area contributed by atoms with Gasteiger partial charge in [-0.1, -0.05) is 61.5 Å². The highest BCUT2D eigenvalue weighted by Crippen LogP contribution is 2.26. The zero-order valence-corrected chi connectivity index (χ0v) is 21.0. The van der Waals surface area contributed by atoms with Crippen molar-refractivity contribution in [1.29, 1.82) is 0 Å². The van der Waals surface area contributed by atoms with E-state index in [4.69, 9.17) is 0 Å². The molecule has 5 heteroatoms. The standard InChI is InChI=1S/C31H35N3O2/c1-2-29(24-9-4-3-5-10-24)31(36)33-20-17-27(18-21-33)32-30(35)25-12-14-28(15-13-25)34-19-16-23-8-6-7-11-26(23)22-34/h3-15,27,29H,2,16-22H2,1H3,(H,32,35). The van der Waals surface area contributed by atoms with Gasteiger partial charge in [0.2, 0.25) is 5.91 Å². The quantitative estimate of drug-likeness (QED) is 0.529. The van der Waals surface area contributed by atoms with Gasteiger partial charge < -0.3 is 15.1 Å². The molecule has 0 aromatic heterocycles. The van der Waals surface area contributed by atoms with E-state index >= 15 is 0 Å². The number of rotatable bonds is 6. The van der Waals surface area contributed by atoms with Crippen LogP contribution in [0.25, 0.3) is 0 Å². The molecule has 1 atom stereocenters. The summed E-state index contributed by atoms with van der Waals surface area (Å²) in [6.07, 6.45) is 3.41.